The van der Waals surface area contributed by atoms with Gasteiger partial charge in [-0.25, -0.2) is 9.59 Å². The summed E-state index contributed by atoms with van der Waals surface area (Å²) in [6.07, 6.45) is -4.58. The SMILES string of the molecule is C=CC(=O)OC(O)C(O)C(O)OC(=O)C=C. The van der Waals surface area contributed by atoms with Crippen molar-refractivity contribution in [2.24, 2.45) is 0 Å². The van der Waals surface area contributed by atoms with E-state index in [0.717, 1.165) is 12.2 Å². The summed E-state index contributed by atoms with van der Waals surface area (Å²) in [4.78, 5) is 21.2. The van der Waals surface area contributed by atoms with E-state index in [-0.39, 0.29) is 0 Å². The molecule has 0 aromatic heterocycles. The quantitative estimate of drug-likeness (QED) is 0.288. The number of carbonyl (C=O) groups excluding carboxylic acids is 2. The minimum Gasteiger partial charge on any atom is -0.430 e. The van der Waals surface area contributed by atoms with E-state index in [1.807, 2.05) is 0 Å². The lowest BCUT2D eigenvalue weighted by Crippen LogP contribution is -2.42. The number of carbonyl (C=O) groups is 2. The van der Waals surface area contributed by atoms with Gasteiger partial charge in [-0.15, -0.1) is 0 Å². The maximum Gasteiger partial charge on any atom is 0.332 e. The molecule has 3 N–H and O–H groups in total. The molecule has 0 aromatic rings. The third-order valence-corrected chi connectivity index (χ3v) is 1.39. The molecule has 7 nitrogen and oxygen atoms in total. The molecular weight excluding hydrogens is 220 g/mol. The number of aliphatic hydroxyl groups excluding tert-OH is 3. The van der Waals surface area contributed by atoms with Crippen LogP contribution in [-0.2, 0) is 19.1 Å². The van der Waals surface area contributed by atoms with E-state index >= 15 is 0 Å². The summed E-state index contributed by atoms with van der Waals surface area (Å²) < 4.78 is 8.34. The molecule has 7 heteroatoms. The molecule has 0 fully saturated rings. The highest BCUT2D eigenvalue weighted by atomic mass is 16.7. The summed E-state index contributed by atoms with van der Waals surface area (Å²) in [5.41, 5.74) is 0. The van der Waals surface area contributed by atoms with Gasteiger partial charge in [-0.05, 0) is 0 Å². The van der Waals surface area contributed by atoms with Crippen LogP contribution in [0.5, 0.6) is 0 Å². The van der Waals surface area contributed by atoms with E-state index < -0.39 is 30.6 Å². The van der Waals surface area contributed by atoms with E-state index in [9.17, 15) is 9.59 Å². The van der Waals surface area contributed by atoms with Gasteiger partial charge in [-0.2, -0.15) is 0 Å². The highest BCUT2D eigenvalue weighted by molar-refractivity contribution is 5.81. The van der Waals surface area contributed by atoms with E-state index in [2.05, 4.69) is 22.6 Å². The molecule has 0 bridgehead atoms. The number of aliphatic hydroxyl groups is 3. The highest BCUT2D eigenvalue weighted by Crippen LogP contribution is 2.04. The molecule has 0 saturated carbocycles. The van der Waals surface area contributed by atoms with Crippen LogP contribution in [0.4, 0.5) is 0 Å². The van der Waals surface area contributed by atoms with Crippen LogP contribution in [-0.4, -0.2) is 45.9 Å². The Morgan fingerprint density at radius 3 is 1.50 bits per heavy atom. The van der Waals surface area contributed by atoms with Gasteiger partial charge in [0, 0.05) is 12.2 Å². The fourth-order valence-electron chi connectivity index (χ4n) is 0.615. The van der Waals surface area contributed by atoms with Gasteiger partial charge in [0.1, 0.15) is 0 Å². The Hall–Kier alpha value is -1.70. The molecule has 0 aliphatic heterocycles. The van der Waals surface area contributed by atoms with Crippen LogP contribution in [0.2, 0.25) is 0 Å². The molecule has 2 atom stereocenters. The molecule has 0 aliphatic carbocycles. The lowest BCUT2D eigenvalue weighted by molar-refractivity contribution is -0.233. The van der Waals surface area contributed by atoms with Crippen LogP contribution in [0.1, 0.15) is 0 Å². The van der Waals surface area contributed by atoms with Crippen LogP contribution in [0, 0.1) is 0 Å². The zero-order valence-corrected chi connectivity index (χ0v) is 8.28. The van der Waals surface area contributed by atoms with Crippen LogP contribution >= 0.6 is 0 Å². The number of hydrogen-bond donors (Lipinski definition) is 3. The Labute approximate surface area is 91.2 Å². The van der Waals surface area contributed by atoms with E-state index in [1.165, 1.54) is 0 Å². The van der Waals surface area contributed by atoms with Gasteiger partial charge in [0.05, 0.1) is 0 Å². The molecule has 0 radical (unpaired) electrons. The average molecular weight is 232 g/mol. The van der Waals surface area contributed by atoms with Crippen molar-refractivity contribution in [2.75, 3.05) is 0 Å². The molecule has 0 aliphatic rings. The number of ether oxygens (including phenoxy) is 2. The Bertz CT molecular complexity index is 258. The van der Waals surface area contributed by atoms with Crippen molar-refractivity contribution in [3.05, 3.63) is 25.3 Å². The van der Waals surface area contributed by atoms with Crippen molar-refractivity contribution in [3.63, 3.8) is 0 Å². The largest absolute Gasteiger partial charge is 0.430 e. The molecule has 0 saturated heterocycles. The Balaban J connectivity index is 4.25. The van der Waals surface area contributed by atoms with Crippen LogP contribution in [0.3, 0.4) is 0 Å². The molecular formula is C9H12O7. The van der Waals surface area contributed by atoms with E-state index in [0.29, 0.717) is 0 Å². The maximum atomic E-state index is 10.6. The molecule has 16 heavy (non-hydrogen) atoms. The van der Waals surface area contributed by atoms with Crippen molar-refractivity contribution in [3.8, 4) is 0 Å². The predicted octanol–water partition coefficient (Wildman–Crippen LogP) is -1.56. The normalized spacial score (nSPS) is 15.4. The molecule has 0 aromatic carbocycles. The monoisotopic (exact) mass is 232 g/mol. The van der Waals surface area contributed by atoms with Gasteiger partial charge in [0.15, 0.2) is 6.10 Å². The zero-order chi connectivity index (χ0) is 12.7. The standard InChI is InChI=1S/C9H12O7/c1-3-5(10)15-8(13)7(12)9(14)16-6(11)4-2/h3-4,7-9,12-14H,1-2H2. The van der Waals surface area contributed by atoms with Crippen molar-refractivity contribution >= 4 is 11.9 Å². The van der Waals surface area contributed by atoms with Gasteiger partial charge in [0.25, 0.3) is 0 Å². The fraction of sp³-hybridized carbons (Fsp3) is 0.333. The van der Waals surface area contributed by atoms with Crippen molar-refractivity contribution in [1.29, 1.82) is 0 Å². The first-order chi connectivity index (χ1) is 7.42. The number of rotatable bonds is 6. The topological polar surface area (TPSA) is 113 Å². The lowest BCUT2D eigenvalue weighted by Gasteiger charge is -2.21. The van der Waals surface area contributed by atoms with E-state index in [4.69, 9.17) is 15.3 Å². The summed E-state index contributed by atoms with van der Waals surface area (Å²) >= 11 is 0. The first kappa shape index (κ1) is 14.3. The minimum atomic E-state index is -2.04. The van der Waals surface area contributed by atoms with Crippen molar-refractivity contribution < 1.29 is 34.4 Å². The zero-order valence-electron chi connectivity index (χ0n) is 8.28. The summed E-state index contributed by atoms with van der Waals surface area (Å²) in [5, 5.41) is 27.3. The van der Waals surface area contributed by atoms with Gasteiger partial charge >= 0.3 is 11.9 Å². The Kier molecular flexibility index (Phi) is 6.01. The second-order valence-corrected chi connectivity index (χ2v) is 2.55. The third-order valence-electron chi connectivity index (χ3n) is 1.39. The second kappa shape index (κ2) is 6.72. The first-order valence-electron chi connectivity index (χ1n) is 4.12. The van der Waals surface area contributed by atoms with Gasteiger partial charge in [-0.1, -0.05) is 13.2 Å². The molecule has 0 amide bonds. The summed E-state index contributed by atoms with van der Waals surface area (Å²) in [7, 11) is 0. The molecule has 0 heterocycles. The van der Waals surface area contributed by atoms with Crippen LogP contribution in [0.15, 0.2) is 25.3 Å². The summed E-state index contributed by atoms with van der Waals surface area (Å²) in [6.45, 7) is 6.10. The third kappa shape index (κ3) is 4.69. The molecule has 0 rings (SSSR count). The van der Waals surface area contributed by atoms with Crippen molar-refractivity contribution in [2.45, 2.75) is 18.7 Å². The van der Waals surface area contributed by atoms with Gasteiger partial charge in [0.2, 0.25) is 12.6 Å². The van der Waals surface area contributed by atoms with Gasteiger partial charge < -0.3 is 24.8 Å². The van der Waals surface area contributed by atoms with Crippen LogP contribution < -0.4 is 0 Å². The van der Waals surface area contributed by atoms with Gasteiger partial charge in [-0.3, -0.25) is 0 Å². The second-order valence-electron chi connectivity index (χ2n) is 2.55. The first-order valence-corrected chi connectivity index (χ1v) is 4.12. The molecule has 2 unspecified atom stereocenters. The Morgan fingerprint density at radius 2 is 1.25 bits per heavy atom. The lowest BCUT2D eigenvalue weighted by atomic mass is 10.3. The average Bonchev–Trinajstić information content (AvgIpc) is 2.27. The van der Waals surface area contributed by atoms with Crippen LogP contribution in [0.25, 0.3) is 0 Å². The molecule has 90 valence electrons. The van der Waals surface area contributed by atoms with E-state index in [1.54, 1.807) is 0 Å². The predicted molar refractivity (Wildman–Crippen MR) is 50.6 cm³/mol. The highest BCUT2D eigenvalue weighted by Gasteiger charge is 2.29. The smallest absolute Gasteiger partial charge is 0.332 e. The maximum absolute atomic E-state index is 10.6. The fourth-order valence-corrected chi connectivity index (χ4v) is 0.615. The Morgan fingerprint density at radius 1 is 0.938 bits per heavy atom. The van der Waals surface area contributed by atoms with Crippen molar-refractivity contribution in [1.82, 2.24) is 0 Å². The number of hydrogen-bond acceptors (Lipinski definition) is 7. The number of esters is 2. The molecule has 0 spiro atoms. The summed E-state index contributed by atoms with van der Waals surface area (Å²) in [5.74, 6) is -2.01. The minimum absolute atomic E-state index is 0.748. The summed E-state index contributed by atoms with van der Waals surface area (Å²) in [6, 6.07) is 0.